The molecule has 0 aromatic rings. The van der Waals surface area contributed by atoms with E-state index >= 15 is 0 Å². The molecule has 98 valence electrons. The zero-order chi connectivity index (χ0) is 12.3. The van der Waals surface area contributed by atoms with Crippen LogP contribution in [0.15, 0.2) is 0 Å². The fourth-order valence-corrected chi connectivity index (χ4v) is 3.97. The first-order chi connectivity index (χ1) is 8.22. The summed E-state index contributed by atoms with van der Waals surface area (Å²) in [7, 11) is 1.76. The Labute approximate surface area is 107 Å². The minimum Gasteiger partial charge on any atom is -0.480 e. The van der Waals surface area contributed by atoms with Gasteiger partial charge in [-0.1, -0.05) is 0 Å². The van der Waals surface area contributed by atoms with Crippen molar-refractivity contribution >= 4 is 17.7 Å². The minimum atomic E-state index is -0.670. The average molecular weight is 259 g/mol. The van der Waals surface area contributed by atoms with Gasteiger partial charge in [-0.3, -0.25) is 9.69 Å². The van der Waals surface area contributed by atoms with E-state index in [2.05, 4.69) is 4.90 Å². The fourth-order valence-electron chi connectivity index (χ4n) is 2.90. The van der Waals surface area contributed by atoms with E-state index in [0.29, 0.717) is 12.1 Å². The van der Waals surface area contributed by atoms with Crippen molar-refractivity contribution in [1.82, 2.24) is 4.90 Å². The Bertz CT molecular complexity index is 274. The van der Waals surface area contributed by atoms with Crippen LogP contribution in [0.5, 0.6) is 0 Å². The van der Waals surface area contributed by atoms with E-state index in [9.17, 15) is 9.90 Å². The van der Waals surface area contributed by atoms with Crippen LogP contribution in [-0.2, 0) is 9.53 Å². The maximum atomic E-state index is 11.3. The first-order valence-electron chi connectivity index (χ1n) is 6.31. The number of rotatable bonds is 3. The molecule has 2 fully saturated rings. The Hall–Kier alpha value is -0.260. The maximum Gasteiger partial charge on any atom is 0.321 e. The van der Waals surface area contributed by atoms with Crippen LogP contribution in [0.1, 0.15) is 25.7 Å². The number of ether oxygens (including phenoxy) is 1. The Morgan fingerprint density at radius 1 is 1.47 bits per heavy atom. The third kappa shape index (κ3) is 3.14. The molecular weight excluding hydrogens is 238 g/mol. The van der Waals surface area contributed by atoms with Crippen LogP contribution in [0.25, 0.3) is 0 Å². The Kier molecular flexibility index (Phi) is 4.70. The molecule has 4 nitrogen and oxygen atoms in total. The number of hydrogen-bond donors (Lipinski definition) is 1. The molecule has 17 heavy (non-hydrogen) atoms. The molecule has 1 aliphatic heterocycles. The van der Waals surface area contributed by atoms with Crippen molar-refractivity contribution in [3.63, 3.8) is 0 Å². The zero-order valence-corrected chi connectivity index (χ0v) is 11.1. The summed E-state index contributed by atoms with van der Waals surface area (Å²) in [5.41, 5.74) is 0. The molecule has 0 amide bonds. The third-order valence-corrected chi connectivity index (χ3v) is 4.88. The van der Waals surface area contributed by atoms with Gasteiger partial charge in [0.1, 0.15) is 6.04 Å². The van der Waals surface area contributed by atoms with Gasteiger partial charge in [-0.2, -0.15) is 11.8 Å². The highest BCUT2D eigenvalue weighted by molar-refractivity contribution is 7.99. The van der Waals surface area contributed by atoms with E-state index in [1.807, 2.05) is 0 Å². The fraction of sp³-hybridized carbons (Fsp3) is 0.917. The molecule has 0 bridgehead atoms. The highest BCUT2D eigenvalue weighted by atomic mass is 32.2. The number of aliphatic carboxylic acids is 1. The summed E-state index contributed by atoms with van der Waals surface area (Å²) in [5.74, 6) is 1.11. The second-order valence-electron chi connectivity index (χ2n) is 4.84. The molecule has 1 heterocycles. The minimum absolute atomic E-state index is 0.297. The van der Waals surface area contributed by atoms with Gasteiger partial charge in [0, 0.05) is 31.2 Å². The highest BCUT2D eigenvalue weighted by Crippen LogP contribution is 2.29. The lowest BCUT2D eigenvalue weighted by Crippen LogP contribution is -2.53. The third-order valence-electron chi connectivity index (χ3n) is 3.86. The van der Waals surface area contributed by atoms with Crippen LogP contribution >= 0.6 is 11.8 Å². The Balaban J connectivity index is 2.00. The Morgan fingerprint density at radius 3 is 3.00 bits per heavy atom. The average Bonchev–Trinajstić information content (AvgIpc) is 2.39. The van der Waals surface area contributed by atoms with Crippen molar-refractivity contribution in [2.75, 3.05) is 25.2 Å². The first kappa shape index (κ1) is 13.2. The number of carbonyl (C=O) groups is 1. The Morgan fingerprint density at radius 2 is 2.29 bits per heavy atom. The summed E-state index contributed by atoms with van der Waals surface area (Å²) in [5, 5.41) is 9.28. The molecule has 1 aliphatic carbocycles. The van der Waals surface area contributed by atoms with Crippen LogP contribution in [0.2, 0.25) is 0 Å². The number of thioether (sulfide) groups is 1. The summed E-state index contributed by atoms with van der Waals surface area (Å²) in [6.45, 7) is 0.905. The monoisotopic (exact) mass is 259 g/mol. The maximum absolute atomic E-state index is 11.3. The molecule has 1 saturated heterocycles. The van der Waals surface area contributed by atoms with Crippen molar-refractivity contribution < 1.29 is 14.6 Å². The van der Waals surface area contributed by atoms with Crippen molar-refractivity contribution in [3.05, 3.63) is 0 Å². The van der Waals surface area contributed by atoms with Crippen molar-refractivity contribution in [1.29, 1.82) is 0 Å². The van der Waals surface area contributed by atoms with Gasteiger partial charge in [0.25, 0.3) is 0 Å². The van der Waals surface area contributed by atoms with Crippen LogP contribution in [0.4, 0.5) is 0 Å². The van der Waals surface area contributed by atoms with Gasteiger partial charge in [0.05, 0.1) is 6.10 Å². The summed E-state index contributed by atoms with van der Waals surface area (Å²) < 4.78 is 5.43. The van der Waals surface area contributed by atoms with Crippen LogP contribution in [0.3, 0.4) is 0 Å². The predicted molar refractivity (Wildman–Crippen MR) is 68.5 cm³/mol. The van der Waals surface area contributed by atoms with Gasteiger partial charge in [-0.25, -0.2) is 0 Å². The van der Waals surface area contributed by atoms with Gasteiger partial charge in [0.2, 0.25) is 0 Å². The van der Waals surface area contributed by atoms with E-state index in [-0.39, 0.29) is 6.04 Å². The van der Waals surface area contributed by atoms with E-state index < -0.39 is 5.97 Å². The number of nitrogens with zero attached hydrogens (tertiary/aromatic N) is 1. The second kappa shape index (κ2) is 6.07. The first-order valence-corrected chi connectivity index (χ1v) is 7.47. The van der Waals surface area contributed by atoms with E-state index in [1.165, 1.54) is 0 Å². The summed E-state index contributed by atoms with van der Waals surface area (Å²) >= 11 is 1.75. The second-order valence-corrected chi connectivity index (χ2v) is 5.99. The number of carboxylic acid groups (broad SMARTS) is 1. The summed E-state index contributed by atoms with van der Waals surface area (Å²) in [4.78, 5) is 13.5. The number of hydrogen-bond acceptors (Lipinski definition) is 4. The van der Waals surface area contributed by atoms with E-state index in [1.54, 1.807) is 18.9 Å². The van der Waals surface area contributed by atoms with E-state index in [0.717, 1.165) is 43.7 Å². The smallest absolute Gasteiger partial charge is 0.321 e. The molecule has 0 aromatic carbocycles. The molecule has 1 saturated carbocycles. The number of methoxy groups -OCH3 is 1. The quantitative estimate of drug-likeness (QED) is 0.831. The SMILES string of the molecule is COC1CCCC(N2CCSCC2C(=O)O)C1. The lowest BCUT2D eigenvalue weighted by atomic mass is 9.91. The van der Waals surface area contributed by atoms with Crippen molar-refractivity contribution in [2.45, 2.75) is 43.9 Å². The van der Waals surface area contributed by atoms with E-state index in [4.69, 9.17) is 4.74 Å². The van der Waals surface area contributed by atoms with Gasteiger partial charge >= 0.3 is 5.97 Å². The molecule has 2 rings (SSSR count). The van der Waals surface area contributed by atoms with Crippen LogP contribution < -0.4 is 0 Å². The lowest BCUT2D eigenvalue weighted by Gasteiger charge is -2.42. The largest absolute Gasteiger partial charge is 0.480 e. The molecule has 0 radical (unpaired) electrons. The molecule has 2 aliphatic rings. The zero-order valence-electron chi connectivity index (χ0n) is 10.3. The molecule has 3 unspecified atom stereocenters. The van der Waals surface area contributed by atoms with Crippen molar-refractivity contribution in [3.8, 4) is 0 Å². The predicted octanol–water partition coefficient (Wildman–Crippen LogP) is 1.45. The van der Waals surface area contributed by atoms with Gasteiger partial charge in [-0.05, 0) is 25.7 Å². The van der Waals surface area contributed by atoms with Crippen LogP contribution in [-0.4, -0.2) is 59.3 Å². The molecule has 0 spiro atoms. The molecular formula is C12H21NO3S. The molecule has 1 N–H and O–H groups in total. The normalized spacial score (nSPS) is 35.7. The number of carboxylic acids is 1. The van der Waals surface area contributed by atoms with Crippen LogP contribution in [0, 0.1) is 0 Å². The lowest BCUT2D eigenvalue weighted by molar-refractivity contribution is -0.144. The molecule has 5 heteroatoms. The highest BCUT2D eigenvalue weighted by Gasteiger charge is 2.36. The van der Waals surface area contributed by atoms with Crippen molar-refractivity contribution in [2.24, 2.45) is 0 Å². The molecule has 0 aromatic heterocycles. The van der Waals surface area contributed by atoms with Gasteiger partial charge < -0.3 is 9.84 Å². The summed E-state index contributed by atoms with van der Waals surface area (Å²) in [6.07, 6.45) is 4.70. The van der Waals surface area contributed by atoms with Gasteiger partial charge in [-0.15, -0.1) is 0 Å². The standard InChI is InChI=1S/C12H21NO3S/c1-16-10-4-2-3-9(7-10)13-5-6-17-8-11(13)12(14)15/h9-11H,2-8H2,1H3,(H,14,15). The molecule has 3 atom stereocenters. The topological polar surface area (TPSA) is 49.8 Å². The van der Waals surface area contributed by atoms with Gasteiger partial charge in [0.15, 0.2) is 0 Å². The summed E-state index contributed by atoms with van der Waals surface area (Å²) in [6, 6.07) is 0.102.